The van der Waals surface area contributed by atoms with E-state index in [2.05, 4.69) is 10.6 Å². The SMILES string of the molecule is CNC(=O)c1ccc(CNC(=O)COc2ccc(C)cc2OC)cc1. The van der Waals surface area contributed by atoms with Crippen molar-refractivity contribution in [3.63, 3.8) is 0 Å². The normalized spacial score (nSPS) is 10.0. The van der Waals surface area contributed by atoms with Crippen LogP contribution in [-0.4, -0.2) is 32.6 Å². The summed E-state index contributed by atoms with van der Waals surface area (Å²) >= 11 is 0. The topological polar surface area (TPSA) is 76.7 Å². The summed E-state index contributed by atoms with van der Waals surface area (Å²) in [6, 6.07) is 12.6. The molecule has 2 aromatic rings. The van der Waals surface area contributed by atoms with Crippen molar-refractivity contribution in [2.24, 2.45) is 0 Å². The van der Waals surface area contributed by atoms with Crippen molar-refractivity contribution in [3.05, 3.63) is 59.2 Å². The monoisotopic (exact) mass is 342 g/mol. The number of amides is 2. The second-order valence-corrected chi connectivity index (χ2v) is 5.50. The van der Waals surface area contributed by atoms with Crippen molar-refractivity contribution in [2.45, 2.75) is 13.5 Å². The first-order valence-corrected chi connectivity index (χ1v) is 7.88. The molecule has 0 saturated carbocycles. The van der Waals surface area contributed by atoms with Crippen molar-refractivity contribution in [3.8, 4) is 11.5 Å². The lowest BCUT2D eigenvalue weighted by molar-refractivity contribution is -0.123. The highest BCUT2D eigenvalue weighted by Gasteiger charge is 2.08. The molecule has 0 aromatic heterocycles. The molecule has 0 spiro atoms. The second-order valence-electron chi connectivity index (χ2n) is 5.50. The van der Waals surface area contributed by atoms with E-state index in [0.717, 1.165) is 11.1 Å². The third-order valence-corrected chi connectivity index (χ3v) is 3.61. The fourth-order valence-electron chi connectivity index (χ4n) is 2.21. The number of hydrogen-bond acceptors (Lipinski definition) is 4. The Morgan fingerprint density at radius 2 is 1.76 bits per heavy atom. The first kappa shape index (κ1) is 18.3. The first-order valence-electron chi connectivity index (χ1n) is 7.88. The number of ether oxygens (including phenoxy) is 2. The van der Waals surface area contributed by atoms with Crippen molar-refractivity contribution in [1.82, 2.24) is 10.6 Å². The molecular formula is C19H22N2O4. The van der Waals surface area contributed by atoms with E-state index in [1.165, 1.54) is 0 Å². The summed E-state index contributed by atoms with van der Waals surface area (Å²) in [6.45, 7) is 2.21. The predicted molar refractivity (Wildman–Crippen MR) is 94.9 cm³/mol. The van der Waals surface area contributed by atoms with Crippen LogP contribution in [-0.2, 0) is 11.3 Å². The van der Waals surface area contributed by atoms with Crippen LogP contribution < -0.4 is 20.1 Å². The maximum absolute atomic E-state index is 11.9. The minimum atomic E-state index is -0.238. The summed E-state index contributed by atoms with van der Waals surface area (Å²) in [4.78, 5) is 23.4. The van der Waals surface area contributed by atoms with E-state index in [9.17, 15) is 9.59 Å². The van der Waals surface area contributed by atoms with Gasteiger partial charge in [-0.2, -0.15) is 0 Å². The van der Waals surface area contributed by atoms with Gasteiger partial charge in [-0.15, -0.1) is 0 Å². The van der Waals surface area contributed by atoms with E-state index in [4.69, 9.17) is 9.47 Å². The number of carbonyl (C=O) groups is 2. The lowest BCUT2D eigenvalue weighted by atomic mass is 10.1. The lowest BCUT2D eigenvalue weighted by Gasteiger charge is -2.11. The van der Waals surface area contributed by atoms with Gasteiger partial charge in [-0.3, -0.25) is 9.59 Å². The fourth-order valence-corrected chi connectivity index (χ4v) is 2.21. The zero-order chi connectivity index (χ0) is 18.2. The minimum absolute atomic E-state index is 0.101. The van der Waals surface area contributed by atoms with Crippen LogP contribution in [0.4, 0.5) is 0 Å². The molecule has 2 amide bonds. The van der Waals surface area contributed by atoms with Crippen LogP contribution in [0.2, 0.25) is 0 Å². The van der Waals surface area contributed by atoms with Gasteiger partial charge in [-0.05, 0) is 42.3 Å². The number of hydrogen-bond donors (Lipinski definition) is 2. The van der Waals surface area contributed by atoms with E-state index in [-0.39, 0.29) is 18.4 Å². The zero-order valence-electron chi connectivity index (χ0n) is 14.6. The van der Waals surface area contributed by atoms with Gasteiger partial charge in [0.1, 0.15) is 0 Å². The molecule has 2 aromatic carbocycles. The average Bonchev–Trinajstić information content (AvgIpc) is 2.64. The third-order valence-electron chi connectivity index (χ3n) is 3.61. The Labute approximate surface area is 147 Å². The third kappa shape index (κ3) is 5.24. The van der Waals surface area contributed by atoms with Crippen molar-refractivity contribution >= 4 is 11.8 Å². The van der Waals surface area contributed by atoms with Crippen LogP contribution >= 0.6 is 0 Å². The lowest BCUT2D eigenvalue weighted by Crippen LogP contribution is -2.28. The van der Waals surface area contributed by atoms with Crippen LogP contribution in [0.25, 0.3) is 0 Å². The molecule has 0 radical (unpaired) electrons. The summed E-state index contributed by atoms with van der Waals surface area (Å²) in [5.41, 5.74) is 2.52. The zero-order valence-corrected chi connectivity index (χ0v) is 14.6. The molecule has 0 aliphatic carbocycles. The van der Waals surface area contributed by atoms with Crippen molar-refractivity contribution < 1.29 is 19.1 Å². The molecular weight excluding hydrogens is 320 g/mol. The molecule has 0 fully saturated rings. The Morgan fingerprint density at radius 1 is 1.04 bits per heavy atom. The molecule has 0 heterocycles. The maximum atomic E-state index is 11.9. The van der Waals surface area contributed by atoms with E-state index < -0.39 is 0 Å². The van der Waals surface area contributed by atoms with Gasteiger partial charge in [0.05, 0.1) is 7.11 Å². The van der Waals surface area contributed by atoms with E-state index in [0.29, 0.717) is 23.6 Å². The van der Waals surface area contributed by atoms with Crippen LogP contribution in [0.15, 0.2) is 42.5 Å². The van der Waals surface area contributed by atoms with Gasteiger partial charge in [-0.1, -0.05) is 18.2 Å². The van der Waals surface area contributed by atoms with E-state index in [1.807, 2.05) is 19.1 Å². The second kappa shape index (κ2) is 8.73. The number of benzene rings is 2. The highest BCUT2D eigenvalue weighted by molar-refractivity contribution is 5.93. The molecule has 6 nitrogen and oxygen atoms in total. The maximum Gasteiger partial charge on any atom is 0.258 e. The van der Waals surface area contributed by atoms with Gasteiger partial charge in [0.25, 0.3) is 11.8 Å². The van der Waals surface area contributed by atoms with Gasteiger partial charge >= 0.3 is 0 Å². The molecule has 0 aliphatic rings. The predicted octanol–water partition coefficient (Wildman–Crippen LogP) is 2.06. The van der Waals surface area contributed by atoms with Gasteiger partial charge < -0.3 is 20.1 Å². The summed E-state index contributed by atoms with van der Waals surface area (Å²) in [5, 5.41) is 5.34. The fraction of sp³-hybridized carbons (Fsp3) is 0.263. The van der Waals surface area contributed by atoms with Crippen molar-refractivity contribution in [1.29, 1.82) is 0 Å². The number of carbonyl (C=O) groups excluding carboxylic acids is 2. The highest BCUT2D eigenvalue weighted by Crippen LogP contribution is 2.27. The molecule has 0 saturated heterocycles. The first-order chi connectivity index (χ1) is 12.0. The average molecular weight is 342 g/mol. The quantitative estimate of drug-likeness (QED) is 0.807. The van der Waals surface area contributed by atoms with Gasteiger partial charge in [-0.25, -0.2) is 0 Å². The van der Waals surface area contributed by atoms with Crippen LogP contribution in [0.3, 0.4) is 0 Å². The molecule has 0 bridgehead atoms. The van der Waals surface area contributed by atoms with E-state index >= 15 is 0 Å². The van der Waals surface area contributed by atoms with Gasteiger partial charge in [0.2, 0.25) is 0 Å². The Kier molecular flexibility index (Phi) is 6.39. The molecule has 0 aliphatic heterocycles. The largest absolute Gasteiger partial charge is 0.493 e. The Morgan fingerprint density at radius 3 is 2.40 bits per heavy atom. The van der Waals surface area contributed by atoms with Crippen LogP contribution in [0.5, 0.6) is 11.5 Å². The number of rotatable bonds is 7. The smallest absolute Gasteiger partial charge is 0.258 e. The Balaban J connectivity index is 1.84. The molecule has 25 heavy (non-hydrogen) atoms. The Hall–Kier alpha value is -3.02. The number of methoxy groups -OCH3 is 1. The summed E-state index contributed by atoms with van der Waals surface area (Å²) in [5.74, 6) is 0.741. The van der Waals surface area contributed by atoms with Gasteiger partial charge in [0, 0.05) is 19.2 Å². The molecule has 0 atom stereocenters. The number of nitrogens with one attached hydrogen (secondary N) is 2. The summed E-state index contributed by atoms with van der Waals surface area (Å²) < 4.78 is 10.7. The number of aryl methyl sites for hydroxylation is 1. The van der Waals surface area contributed by atoms with Crippen LogP contribution in [0, 0.1) is 6.92 Å². The van der Waals surface area contributed by atoms with Crippen molar-refractivity contribution in [2.75, 3.05) is 20.8 Å². The highest BCUT2D eigenvalue weighted by atomic mass is 16.5. The van der Waals surface area contributed by atoms with Gasteiger partial charge in [0.15, 0.2) is 18.1 Å². The molecule has 6 heteroatoms. The molecule has 2 rings (SSSR count). The standard InChI is InChI=1S/C19H22N2O4/c1-13-4-9-16(17(10-13)24-3)25-12-18(22)21-11-14-5-7-15(8-6-14)19(23)20-2/h4-10H,11-12H2,1-3H3,(H,20,23)(H,21,22). The summed E-state index contributed by atoms with van der Waals surface area (Å²) in [6.07, 6.45) is 0. The molecule has 2 N–H and O–H groups in total. The minimum Gasteiger partial charge on any atom is -0.493 e. The van der Waals surface area contributed by atoms with Crippen LogP contribution in [0.1, 0.15) is 21.5 Å². The molecule has 132 valence electrons. The van der Waals surface area contributed by atoms with E-state index in [1.54, 1.807) is 44.5 Å². The Bertz CT molecular complexity index is 742. The summed E-state index contributed by atoms with van der Waals surface area (Å²) in [7, 11) is 3.14. The molecule has 0 unspecified atom stereocenters.